The van der Waals surface area contributed by atoms with Gasteiger partial charge in [-0.2, -0.15) is 0 Å². The molecule has 1 fully saturated rings. The summed E-state index contributed by atoms with van der Waals surface area (Å²) in [5, 5.41) is 2.84. The zero-order valence-electron chi connectivity index (χ0n) is 13.3. The smallest absolute Gasteiger partial charge is 0.311 e. The Morgan fingerprint density at radius 2 is 1.88 bits per heavy atom. The molecule has 5 nitrogen and oxygen atoms in total. The van der Waals surface area contributed by atoms with E-state index in [1.54, 1.807) is 16.7 Å². The topological polar surface area (TPSA) is 52.7 Å². The second kappa shape index (κ2) is 7.05. The van der Waals surface area contributed by atoms with Gasteiger partial charge in [-0.25, -0.2) is 4.79 Å². The van der Waals surface area contributed by atoms with Crippen molar-refractivity contribution in [3.63, 3.8) is 0 Å². The number of amides is 3. The zero-order chi connectivity index (χ0) is 17.1. The number of halogens is 1. The van der Waals surface area contributed by atoms with Gasteiger partial charge >= 0.3 is 6.03 Å². The second-order valence-corrected chi connectivity index (χ2v) is 6.55. The maximum absolute atomic E-state index is 12.7. The van der Waals surface area contributed by atoms with E-state index in [9.17, 15) is 9.59 Å². The minimum absolute atomic E-state index is 0.0810. The van der Waals surface area contributed by atoms with Crippen LogP contribution in [0.25, 0.3) is 0 Å². The van der Waals surface area contributed by atoms with Gasteiger partial charge in [-0.3, -0.25) is 4.79 Å². The number of para-hydroxylation sites is 1. The van der Waals surface area contributed by atoms with Gasteiger partial charge in [-0.05, 0) is 37.3 Å². The molecule has 1 saturated heterocycles. The third-order valence-corrected chi connectivity index (χ3v) is 4.55. The van der Waals surface area contributed by atoms with Gasteiger partial charge in [-0.15, -0.1) is 0 Å². The molecule has 0 saturated carbocycles. The first-order valence-corrected chi connectivity index (χ1v) is 8.55. The Kier molecular flexibility index (Phi) is 4.85. The van der Waals surface area contributed by atoms with Crippen molar-refractivity contribution in [2.24, 2.45) is 0 Å². The van der Waals surface area contributed by atoms with Gasteiger partial charge < -0.3 is 15.1 Å². The largest absolute Gasteiger partial charge is 0.322 e. The summed E-state index contributed by atoms with van der Waals surface area (Å²) in [6, 6.07) is 16.1. The number of hydrogen-bond donors (Lipinski definition) is 1. The van der Waals surface area contributed by atoms with Crippen LogP contribution >= 0.6 is 15.9 Å². The number of nitrogens with zero attached hydrogens (tertiary/aromatic N) is 2. The third-order valence-electron chi connectivity index (χ3n) is 4.06. The van der Waals surface area contributed by atoms with E-state index in [0.29, 0.717) is 13.1 Å². The predicted octanol–water partition coefficient (Wildman–Crippen LogP) is 3.72. The number of carbonyl (C=O) groups is 2. The SMILES string of the molecule is CC1C(=O)N(c2cccc(Br)c2)CCN1C(=O)Nc1ccccc1. The monoisotopic (exact) mass is 387 g/mol. The molecular weight excluding hydrogens is 370 g/mol. The molecule has 1 N–H and O–H groups in total. The fraction of sp³-hybridized carbons (Fsp3) is 0.222. The molecule has 1 unspecified atom stereocenters. The number of carbonyl (C=O) groups excluding carboxylic acids is 2. The van der Waals surface area contributed by atoms with Gasteiger partial charge in [-0.1, -0.05) is 40.2 Å². The normalized spacial score (nSPS) is 17.8. The number of hydrogen-bond acceptors (Lipinski definition) is 2. The van der Waals surface area contributed by atoms with Crippen LogP contribution in [0.4, 0.5) is 16.2 Å². The molecule has 1 aliphatic heterocycles. The molecule has 0 spiro atoms. The molecular formula is C18H18BrN3O2. The lowest BCUT2D eigenvalue weighted by atomic mass is 10.1. The summed E-state index contributed by atoms with van der Waals surface area (Å²) in [6.07, 6.45) is 0. The Labute approximate surface area is 149 Å². The van der Waals surface area contributed by atoms with Crippen LogP contribution in [0.15, 0.2) is 59.1 Å². The van der Waals surface area contributed by atoms with Crippen molar-refractivity contribution in [2.45, 2.75) is 13.0 Å². The van der Waals surface area contributed by atoms with Crippen LogP contribution in [0.2, 0.25) is 0 Å². The summed E-state index contributed by atoms with van der Waals surface area (Å²) in [5.41, 5.74) is 1.56. The quantitative estimate of drug-likeness (QED) is 0.853. The highest BCUT2D eigenvalue weighted by Gasteiger charge is 2.35. The van der Waals surface area contributed by atoms with Gasteiger partial charge in [0.25, 0.3) is 0 Å². The van der Waals surface area contributed by atoms with Crippen molar-refractivity contribution in [3.05, 3.63) is 59.1 Å². The molecule has 3 rings (SSSR count). The minimum Gasteiger partial charge on any atom is -0.311 e. The highest BCUT2D eigenvalue weighted by atomic mass is 79.9. The standard InChI is InChI=1S/C18H18BrN3O2/c1-13-17(23)22(16-9-5-6-14(19)12-16)11-10-21(13)18(24)20-15-7-3-2-4-8-15/h2-9,12-13H,10-11H2,1H3,(H,20,24). The first-order valence-electron chi connectivity index (χ1n) is 7.76. The number of piperazine rings is 1. The number of rotatable bonds is 2. The van der Waals surface area contributed by atoms with E-state index < -0.39 is 6.04 Å². The average Bonchev–Trinajstić information content (AvgIpc) is 2.58. The minimum atomic E-state index is -0.513. The van der Waals surface area contributed by atoms with Crippen molar-refractivity contribution < 1.29 is 9.59 Å². The van der Waals surface area contributed by atoms with Crippen LogP contribution < -0.4 is 10.2 Å². The van der Waals surface area contributed by atoms with E-state index >= 15 is 0 Å². The molecule has 1 aliphatic rings. The lowest BCUT2D eigenvalue weighted by Gasteiger charge is -2.39. The summed E-state index contributed by atoms with van der Waals surface area (Å²) in [7, 11) is 0. The van der Waals surface area contributed by atoms with E-state index in [-0.39, 0.29) is 11.9 Å². The first kappa shape index (κ1) is 16.5. The molecule has 0 aliphatic carbocycles. The number of benzene rings is 2. The first-order chi connectivity index (χ1) is 11.6. The Balaban J connectivity index is 1.71. The van der Waals surface area contributed by atoms with Gasteiger partial charge in [0, 0.05) is 28.9 Å². The van der Waals surface area contributed by atoms with Crippen molar-refractivity contribution in [1.82, 2.24) is 4.90 Å². The summed E-state index contributed by atoms with van der Waals surface area (Å²) in [6.45, 7) is 2.72. The fourth-order valence-electron chi connectivity index (χ4n) is 2.76. The summed E-state index contributed by atoms with van der Waals surface area (Å²) in [5.74, 6) is -0.0810. The molecule has 0 aromatic heterocycles. The second-order valence-electron chi connectivity index (χ2n) is 5.64. The summed E-state index contributed by atoms with van der Waals surface area (Å²) in [4.78, 5) is 28.4. The van der Waals surface area contributed by atoms with E-state index in [2.05, 4.69) is 21.2 Å². The van der Waals surface area contributed by atoms with Crippen LogP contribution in [0.3, 0.4) is 0 Å². The molecule has 2 aromatic carbocycles. The number of anilines is 2. The Morgan fingerprint density at radius 3 is 2.58 bits per heavy atom. The summed E-state index contributed by atoms with van der Waals surface area (Å²) >= 11 is 3.42. The van der Waals surface area contributed by atoms with Gasteiger partial charge in [0.2, 0.25) is 5.91 Å². The fourth-order valence-corrected chi connectivity index (χ4v) is 3.15. The maximum atomic E-state index is 12.7. The Bertz CT molecular complexity index is 751. The molecule has 0 bridgehead atoms. The van der Waals surface area contributed by atoms with Crippen molar-refractivity contribution in [3.8, 4) is 0 Å². The maximum Gasteiger partial charge on any atom is 0.322 e. The van der Waals surface area contributed by atoms with Crippen LogP contribution in [-0.4, -0.2) is 36.0 Å². The lowest BCUT2D eigenvalue weighted by molar-refractivity contribution is -0.123. The van der Waals surface area contributed by atoms with E-state index in [0.717, 1.165) is 15.8 Å². The molecule has 3 amide bonds. The van der Waals surface area contributed by atoms with Crippen LogP contribution in [0, 0.1) is 0 Å². The van der Waals surface area contributed by atoms with E-state index in [1.165, 1.54) is 0 Å². The highest BCUT2D eigenvalue weighted by Crippen LogP contribution is 2.24. The van der Waals surface area contributed by atoms with Crippen LogP contribution in [-0.2, 0) is 4.79 Å². The third kappa shape index (κ3) is 3.43. The predicted molar refractivity (Wildman–Crippen MR) is 98.1 cm³/mol. The Morgan fingerprint density at radius 1 is 1.12 bits per heavy atom. The van der Waals surface area contributed by atoms with Crippen LogP contribution in [0.1, 0.15) is 6.92 Å². The van der Waals surface area contributed by atoms with E-state index in [4.69, 9.17) is 0 Å². The van der Waals surface area contributed by atoms with Gasteiger partial charge in [0.15, 0.2) is 0 Å². The molecule has 6 heteroatoms. The van der Waals surface area contributed by atoms with Crippen molar-refractivity contribution >= 4 is 39.2 Å². The molecule has 0 radical (unpaired) electrons. The average molecular weight is 388 g/mol. The lowest BCUT2D eigenvalue weighted by Crippen LogP contribution is -2.58. The highest BCUT2D eigenvalue weighted by molar-refractivity contribution is 9.10. The van der Waals surface area contributed by atoms with Gasteiger partial charge in [0.1, 0.15) is 6.04 Å². The summed E-state index contributed by atoms with van der Waals surface area (Å²) < 4.78 is 0.921. The van der Waals surface area contributed by atoms with Crippen molar-refractivity contribution in [2.75, 3.05) is 23.3 Å². The zero-order valence-corrected chi connectivity index (χ0v) is 14.9. The molecule has 1 heterocycles. The Hall–Kier alpha value is -2.34. The van der Waals surface area contributed by atoms with Gasteiger partial charge in [0.05, 0.1) is 0 Å². The van der Waals surface area contributed by atoms with Crippen molar-refractivity contribution in [1.29, 1.82) is 0 Å². The van der Waals surface area contributed by atoms with Crippen LogP contribution in [0.5, 0.6) is 0 Å². The molecule has 124 valence electrons. The van der Waals surface area contributed by atoms with E-state index in [1.807, 2.05) is 54.6 Å². The molecule has 24 heavy (non-hydrogen) atoms. The molecule has 1 atom stereocenters. The molecule has 2 aromatic rings. The number of nitrogens with one attached hydrogen (secondary N) is 1. The number of urea groups is 1.